The van der Waals surface area contributed by atoms with E-state index in [1.165, 1.54) is 6.92 Å². The minimum Gasteiger partial charge on any atom is -0.204 e. The molecule has 0 nitrogen and oxygen atoms in total. The highest BCUT2D eigenvalue weighted by molar-refractivity contribution is 5.67. The standard InChI is InChI=1S/C14H11F3/c1-8-3-5-10(6-4-8)11-7-12(15)14(17)13(16)9(11)2/h3-7H,1-2H3. The summed E-state index contributed by atoms with van der Waals surface area (Å²) < 4.78 is 39.6. The van der Waals surface area contributed by atoms with Gasteiger partial charge in [0, 0.05) is 0 Å². The number of rotatable bonds is 1. The molecule has 88 valence electrons. The Kier molecular flexibility index (Phi) is 2.92. The van der Waals surface area contributed by atoms with Crippen LogP contribution in [0.2, 0.25) is 0 Å². The smallest absolute Gasteiger partial charge is 0.194 e. The number of benzene rings is 2. The monoisotopic (exact) mass is 236 g/mol. The topological polar surface area (TPSA) is 0 Å². The SMILES string of the molecule is Cc1ccc(-c2cc(F)c(F)c(F)c2C)cc1. The summed E-state index contributed by atoms with van der Waals surface area (Å²) in [5.74, 6) is -3.71. The predicted molar refractivity (Wildman–Crippen MR) is 61.2 cm³/mol. The molecule has 0 aliphatic carbocycles. The molecule has 0 fully saturated rings. The van der Waals surface area contributed by atoms with E-state index in [0.29, 0.717) is 11.1 Å². The Bertz CT molecular complexity index is 557. The Balaban J connectivity index is 2.64. The lowest BCUT2D eigenvalue weighted by atomic mass is 9.99. The zero-order valence-corrected chi connectivity index (χ0v) is 9.52. The Morgan fingerprint density at radius 1 is 0.824 bits per heavy atom. The Morgan fingerprint density at radius 2 is 1.41 bits per heavy atom. The van der Waals surface area contributed by atoms with Gasteiger partial charge in [-0.1, -0.05) is 29.8 Å². The van der Waals surface area contributed by atoms with E-state index < -0.39 is 17.5 Å². The lowest BCUT2D eigenvalue weighted by Crippen LogP contribution is -1.97. The molecule has 0 heterocycles. The van der Waals surface area contributed by atoms with E-state index in [1.807, 2.05) is 19.1 Å². The molecule has 0 N–H and O–H groups in total. The van der Waals surface area contributed by atoms with Crippen molar-refractivity contribution in [3.8, 4) is 11.1 Å². The van der Waals surface area contributed by atoms with Crippen LogP contribution in [0.15, 0.2) is 30.3 Å². The summed E-state index contributed by atoms with van der Waals surface area (Å²) in [6.45, 7) is 3.36. The van der Waals surface area contributed by atoms with Gasteiger partial charge in [-0.05, 0) is 36.6 Å². The van der Waals surface area contributed by atoms with Gasteiger partial charge in [-0.25, -0.2) is 13.2 Å². The summed E-state index contributed by atoms with van der Waals surface area (Å²) in [6.07, 6.45) is 0. The summed E-state index contributed by atoms with van der Waals surface area (Å²) in [7, 11) is 0. The quantitative estimate of drug-likeness (QED) is 0.644. The molecule has 0 aromatic heterocycles. The van der Waals surface area contributed by atoms with Gasteiger partial charge >= 0.3 is 0 Å². The lowest BCUT2D eigenvalue weighted by molar-refractivity contribution is 0.444. The van der Waals surface area contributed by atoms with Crippen LogP contribution in [0.4, 0.5) is 13.2 Å². The van der Waals surface area contributed by atoms with Crippen molar-refractivity contribution in [3.63, 3.8) is 0 Å². The first-order valence-corrected chi connectivity index (χ1v) is 5.22. The van der Waals surface area contributed by atoms with Crippen molar-refractivity contribution >= 4 is 0 Å². The van der Waals surface area contributed by atoms with Crippen LogP contribution in [0, 0.1) is 31.3 Å². The third-order valence-electron chi connectivity index (χ3n) is 2.77. The van der Waals surface area contributed by atoms with E-state index in [9.17, 15) is 13.2 Å². The van der Waals surface area contributed by atoms with E-state index in [-0.39, 0.29) is 5.56 Å². The van der Waals surface area contributed by atoms with Gasteiger partial charge in [-0.2, -0.15) is 0 Å². The van der Waals surface area contributed by atoms with E-state index in [1.54, 1.807) is 12.1 Å². The molecular formula is C14H11F3. The molecule has 2 aromatic carbocycles. The summed E-state index contributed by atoms with van der Waals surface area (Å²) in [6, 6.07) is 8.23. The molecule has 0 aliphatic rings. The largest absolute Gasteiger partial charge is 0.204 e. The first-order chi connectivity index (χ1) is 8.00. The molecular weight excluding hydrogens is 225 g/mol. The molecule has 0 unspecified atom stereocenters. The normalized spacial score (nSPS) is 10.6. The van der Waals surface area contributed by atoms with Gasteiger partial charge < -0.3 is 0 Å². The highest BCUT2D eigenvalue weighted by Gasteiger charge is 2.16. The molecule has 2 rings (SSSR count). The fourth-order valence-corrected chi connectivity index (χ4v) is 1.72. The second-order valence-electron chi connectivity index (χ2n) is 4.02. The van der Waals surface area contributed by atoms with Crippen molar-refractivity contribution in [3.05, 3.63) is 58.9 Å². The third-order valence-corrected chi connectivity index (χ3v) is 2.77. The van der Waals surface area contributed by atoms with Gasteiger partial charge in [0.1, 0.15) is 0 Å². The van der Waals surface area contributed by atoms with E-state index in [0.717, 1.165) is 11.6 Å². The molecule has 0 bridgehead atoms. The minimum atomic E-state index is -1.42. The molecule has 0 atom stereocenters. The van der Waals surface area contributed by atoms with Crippen LogP contribution in [0.1, 0.15) is 11.1 Å². The van der Waals surface area contributed by atoms with Crippen molar-refractivity contribution in [1.29, 1.82) is 0 Å². The Morgan fingerprint density at radius 3 is 2.00 bits per heavy atom. The zero-order valence-electron chi connectivity index (χ0n) is 9.52. The molecule has 2 aromatic rings. The number of aryl methyl sites for hydroxylation is 1. The Hall–Kier alpha value is -1.77. The molecule has 3 heteroatoms. The fourth-order valence-electron chi connectivity index (χ4n) is 1.72. The molecule has 0 amide bonds. The van der Waals surface area contributed by atoms with Crippen molar-refractivity contribution in [2.75, 3.05) is 0 Å². The van der Waals surface area contributed by atoms with Crippen LogP contribution < -0.4 is 0 Å². The summed E-state index contributed by atoms with van der Waals surface area (Å²) in [4.78, 5) is 0. The van der Waals surface area contributed by atoms with Crippen LogP contribution in [0.5, 0.6) is 0 Å². The predicted octanol–water partition coefficient (Wildman–Crippen LogP) is 4.39. The molecule has 0 radical (unpaired) electrons. The Labute approximate surface area is 97.7 Å². The zero-order chi connectivity index (χ0) is 12.6. The highest BCUT2D eigenvalue weighted by Crippen LogP contribution is 2.28. The van der Waals surface area contributed by atoms with E-state index >= 15 is 0 Å². The number of halogens is 3. The highest BCUT2D eigenvalue weighted by atomic mass is 19.2. The van der Waals surface area contributed by atoms with Crippen LogP contribution >= 0.6 is 0 Å². The van der Waals surface area contributed by atoms with E-state index in [2.05, 4.69) is 0 Å². The van der Waals surface area contributed by atoms with Crippen LogP contribution in [-0.2, 0) is 0 Å². The maximum atomic E-state index is 13.4. The lowest BCUT2D eigenvalue weighted by Gasteiger charge is -2.09. The molecule has 0 saturated carbocycles. The van der Waals surface area contributed by atoms with Crippen molar-refractivity contribution in [2.24, 2.45) is 0 Å². The second-order valence-corrected chi connectivity index (χ2v) is 4.02. The van der Waals surface area contributed by atoms with Gasteiger partial charge in [0.15, 0.2) is 17.5 Å². The first-order valence-electron chi connectivity index (χ1n) is 5.22. The minimum absolute atomic E-state index is 0.118. The van der Waals surface area contributed by atoms with Gasteiger partial charge in [-0.15, -0.1) is 0 Å². The molecule has 0 spiro atoms. The van der Waals surface area contributed by atoms with E-state index in [4.69, 9.17) is 0 Å². The third kappa shape index (κ3) is 2.05. The number of hydrogen-bond donors (Lipinski definition) is 0. The maximum absolute atomic E-state index is 13.4. The van der Waals surface area contributed by atoms with Crippen molar-refractivity contribution in [1.82, 2.24) is 0 Å². The average Bonchev–Trinajstić information content (AvgIpc) is 2.32. The summed E-state index contributed by atoms with van der Waals surface area (Å²) in [5, 5.41) is 0. The van der Waals surface area contributed by atoms with Crippen LogP contribution in [-0.4, -0.2) is 0 Å². The molecule has 0 saturated heterocycles. The van der Waals surface area contributed by atoms with Gasteiger partial charge in [0.2, 0.25) is 0 Å². The number of hydrogen-bond acceptors (Lipinski definition) is 0. The second kappa shape index (κ2) is 4.24. The fraction of sp³-hybridized carbons (Fsp3) is 0.143. The molecule has 0 aliphatic heterocycles. The van der Waals surface area contributed by atoms with Crippen molar-refractivity contribution < 1.29 is 13.2 Å². The van der Waals surface area contributed by atoms with Crippen LogP contribution in [0.3, 0.4) is 0 Å². The van der Waals surface area contributed by atoms with Gasteiger partial charge in [0.05, 0.1) is 0 Å². The first kappa shape index (κ1) is 11.7. The van der Waals surface area contributed by atoms with Gasteiger partial charge in [0.25, 0.3) is 0 Å². The molecule has 17 heavy (non-hydrogen) atoms. The van der Waals surface area contributed by atoms with Gasteiger partial charge in [-0.3, -0.25) is 0 Å². The van der Waals surface area contributed by atoms with Crippen molar-refractivity contribution in [2.45, 2.75) is 13.8 Å². The summed E-state index contributed by atoms with van der Waals surface area (Å²) in [5.41, 5.74) is 2.22. The summed E-state index contributed by atoms with van der Waals surface area (Å²) >= 11 is 0. The maximum Gasteiger partial charge on any atom is 0.194 e. The average molecular weight is 236 g/mol. The van der Waals surface area contributed by atoms with Crippen LogP contribution in [0.25, 0.3) is 11.1 Å².